The van der Waals surface area contributed by atoms with Crippen molar-refractivity contribution in [3.8, 4) is 0 Å². The number of nitrogens with two attached hydrogens (primary N) is 1. The summed E-state index contributed by atoms with van der Waals surface area (Å²) in [4.78, 5) is 11.9. The van der Waals surface area contributed by atoms with Crippen molar-refractivity contribution in [2.75, 3.05) is 11.1 Å². The molecule has 0 radical (unpaired) electrons. The molecule has 8 nitrogen and oxygen atoms in total. The Morgan fingerprint density at radius 1 is 0.828 bits per heavy atom. The van der Waals surface area contributed by atoms with Crippen molar-refractivity contribution in [1.29, 1.82) is 0 Å². The third kappa shape index (κ3) is 6.48. The van der Waals surface area contributed by atoms with Gasteiger partial charge in [-0.1, -0.05) is 0 Å². The normalized spacial score (nSPS) is 11.1. The van der Waals surface area contributed by atoms with Crippen molar-refractivity contribution < 1.29 is 47.3 Å². The second-order valence-corrected chi connectivity index (χ2v) is 7.21. The molecule has 0 aromatic heterocycles. The molecule has 3 aromatic carbocycles. The molecular weight excluding hydrogens is 403 g/mol. The number of hydrogen-bond donors (Lipinski definition) is 3. The molecule has 29 heavy (non-hydrogen) atoms. The van der Waals surface area contributed by atoms with E-state index in [1.165, 1.54) is 24.3 Å². The van der Waals surface area contributed by atoms with Gasteiger partial charge in [-0.2, -0.15) is 18.6 Å². The second kappa shape index (κ2) is 9.77. The Morgan fingerprint density at radius 2 is 1.31 bits per heavy atom. The van der Waals surface area contributed by atoms with E-state index in [0.29, 0.717) is 28.3 Å². The van der Waals surface area contributed by atoms with Gasteiger partial charge >= 0.3 is 29.6 Å². The summed E-state index contributed by atoms with van der Waals surface area (Å²) in [5.41, 5.74) is 8.24. The smallest absolute Gasteiger partial charge is 0.399 e. The fourth-order valence-electron chi connectivity index (χ4n) is 2.25. The van der Waals surface area contributed by atoms with Gasteiger partial charge in [0.25, 0.3) is 16.0 Å². The topological polar surface area (TPSA) is 134 Å². The molecule has 0 heterocycles. The average molecular weight is 419 g/mol. The minimum atomic E-state index is -4.24. The minimum absolute atomic E-state index is 0. The van der Waals surface area contributed by atoms with Crippen LogP contribution in [0.1, 0.15) is 10.4 Å². The molecule has 0 aliphatic heterocycles. The number of azo groups is 1. The summed E-state index contributed by atoms with van der Waals surface area (Å²) in [5.74, 6) is -0.256. The van der Waals surface area contributed by atoms with E-state index in [1.807, 2.05) is 0 Å². The maximum atomic E-state index is 12.2. The summed E-state index contributed by atoms with van der Waals surface area (Å²) in [7, 11) is -4.24. The van der Waals surface area contributed by atoms with Crippen LogP contribution in [0, 0.1) is 0 Å². The number of nitrogens with one attached hydrogen (secondary N) is 1. The summed E-state index contributed by atoms with van der Waals surface area (Å²) in [6, 6.07) is 18.6. The van der Waals surface area contributed by atoms with Gasteiger partial charge in [0, 0.05) is 16.9 Å². The van der Waals surface area contributed by atoms with E-state index < -0.39 is 10.1 Å². The quantitative estimate of drug-likeness (QED) is 0.247. The number of benzene rings is 3. The Bertz CT molecular complexity index is 1110. The van der Waals surface area contributed by atoms with Crippen molar-refractivity contribution >= 4 is 38.8 Å². The molecule has 3 aromatic rings. The van der Waals surface area contributed by atoms with Gasteiger partial charge in [-0.3, -0.25) is 9.35 Å². The van der Waals surface area contributed by atoms with Crippen molar-refractivity contribution in [3.05, 3.63) is 78.4 Å². The summed E-state index contributed by atoms with van der Waals surface area (Å²) in [6.45, 7) is 0. The molecule has 0 aliphatic carbocycles. The Balaban J connectivity index is 0.00000300. The van der Waals surface area contributed by atoms with Crippen LogP contribution in [0.4, 0.5) is 22.7 Å². The largest absolute Gasteiger partial charge is 1.00 e. The van der Waals surface area contributed by atoms with Crippen LogP contribution in [0.25, 0.3) is 0 Å². The van der Waals surface area contributed by atoms with Crippen molar-refractivity contribution in [2.24, 2.45) is 10.2 Å². The third-order valence-corrected chi connectivity index (χ3v) is 4.58. The summed E-state index contributed by atoms with van der Waals surface area (Å²) in [6.07, 6.45) is 0. The Morgan fingerprint density at radius 3 is 1.79 bits per heavy atom. The molecule has 0 atom stereocenters. The molecule has 0 fully saturated rings. The third-order valence-electron chi connectivity index (χ3n) is 3.71. The van der Waals surface area contributed by atoms with Crippen LogP contribution in [-0.2, 0) is 10.1 Å². The molecule has 0 bridgehead atoms. The monoisotopic (exact) mass is 419 g/mol. The number of nitrogen functional groups attached to an aromatic ring is 1. The number of hydrogen-bond acceptors (Lipinski definition) is 6. The van der Waals surface area contributed by atoms with E-state index in [0.717, 1.165) is 0 Å². The van der Waals surface area contributed by atoms with Crippen LogP contribution in [-0.4, -0.2) is 18.9 Å². The van der Waals surface area contributed by atoms with E-state index >= 15 is 0 Å². The Hall–Kier alpha value is -2.56. The Kier molecular flexibility index (Phi) is 7.66. The van der Waals surface area contributed by atoms with Gasteiger partial charge in [-0.05, 0) is 72.8 Å². The summed E-state index contributed by atoms with van der Waals surface area (Å²) in [5, 5.41) is 10.8. The number of carbonyl (C=O) groups is 1. The number of amides is 1. The van der Waals surface area contributed by atoms with Crippen molar-refractivity contribution in [3.63, 3.8) is 0 Å². The zero-order valence-corrected chi connectivity index (χ0v) is 18.3. The van der Waals surface area contributed by atoms with E-state index in [4.69, 9.17) is 10.3 Å². The zero-order valence-electron chi connectivity index (χ0n) is 15.5. The van der Waals surface area contributed by atoms with Gasteiger partial charge in [0.1, 0.15) is 0 Å². The van der Waals surface area contributed by atoms with Crippen LogP contribution >= 0.6 is 0 Å². The van der Waals surface area contributed by atoms with E-state index in [9.17, 15) is 13.2 Å². The average Bonchev–Trinajstić information content (AvgIpc) is 2.67. The van der Waals surface area contributed by atoms with Crippen LogP contribution < -0.4 is 40.6 Å². The number of nitrogens with zero attached hydrogens (tertiary/aromatic N) is 2. The minimum Gasteiger partial charge on any atom is -0.399 e. The predicted octanol–water partition coefficient (Wildman–Crippen LogP) is 1.19. The zero-order chi connectivity index (χ0) is 20.1. The first-order chi connectivity index (χ1) is 13.3. The van der Waals surface area contributed by atoms with Gasteiger partial charge in [0.2, 0.25) is 0 Å². The maximum absolute atomic E-state index is 12.2. The van der Waals surface area contributed by atoms with Gasteiger partial charge in [0.15, 0.2) is 0 Å². The SMILES string of the molecule is Nc1ccc(C(=O)Nc2ccc(N=Nc3ccc(S(=O)(=O)O)cc3)cc2)cc1.[Na+]. The number of anilines is 2. The van der Waals surface area contributed by atoms with Crippen LogP contribution in [0.15, 0.2) is 87.9 Å². The first-order valence-corrected chi connectivity index (χ1v) is 9.51. The first kappa shape index (κ1) is 22.7. The Labute approximate surface area is 189 Å². The molecule has 0 saturated heterocycles. The molecule has 3 rings (SSSR count). The molecular formula is C19H16N4NaO4S+. The van der Waals surface area contributed by atoms with Crippen LogP contribution in [0.2, 0.25) is 0 Å². The first-order valence-electron chi connectivity index (χ1n) is 8.07. The van der Waals surface area contributed by atoms with Crippen LogP contribution in [0.5, 0.6) is 0 Å². The van der Waals surface area contributed by atoms with E-state index in [-0.39, 0.29) is 40.4 Å². The molecule has 4 N–H and O–H groups in total. The van der Waals surface area contributed by atoms with Gasteiger partial charge in [-0.15, -0.1) is 0 Å². The number of rotatable bonds is 5. The predicted molar refractivity (Wildman–Crippen MR) is 106 cm³/mol. The van der Waals surface area contributed by atoms with Gasteiger partial charge in [0.05, 0.1) is 16.3 Å². The summed E-state index contributed by atoms with van der Waals surface area (Å²) >= 11 is 0. The second-order valence-electron chi connectivity index (χ2n) is 5.79. The summed E-state index contributed by atoms with van der Waals surface area (Å²) < 4.78 is 31.0. The van der Waals surface area contributed by atoms with Gasteiger partial charge in [-0.25, -0.2) is 0 Å². The molecule has 0 spiro atoms. The molecule has 0 saturated carbocycles. The fourth-order valence-corrected chi connectivity index (χ4v) is 2.73. The van der Waals surface area contributed by atoms with Crippen LogP contribution in [0.3, 0.4) is 0 Å². The number of carbonyl (C=O) groups excluding carboxylic acids is 1. The standard InChI is InChI=1S/C19H16N4O4S.Na/c20-14-3-1-13(2-4-14)19(24)21-15-5-7-16(8-6-15)22-23-17-9-11-18(12-10-17)28(25,26)27;/h1-12H,20H2,(H,21,24)(H,25,26,27);/q;+1. The van der Waals surface area contributed by atoms with Gasteiger partial charge < -0.3 is 11.1 Å². The van der Waals surface area contributed by atoms with Crippen molar-refractivity contribution in [2.45, 2.75) is 4.90 Å². The van der Waals surface area contributed by atoms with Crippen molar-refractivity contribution in [1.82, 2.24) is 0 Å². The molecule has 142 valence electrons. The van der Waals surface area contributed by atoms with E-state index in [1.54, 1.807) is 48.5 Å². The maximum Gasteiger partial charge on any atom is 1.00 e. The molecule has 0 aliphatic rings. The molecule has 0 unspecified atom stereocenters. The fraction of sp³-hybridized carbons (Fsp3) is 0. The molecule has 1 amide bonds. The van der Waals surface area contributed by atoms with E-state index in [2.05, 4.69) is 15.5 Å². The molecule has 10 heteroatoms.